The Morgan fingerprint density at radius 1 is 1.33 bits per heavy atom. The van der Waals surface area contributed by atoms with Crippen LogP contribution >= 0.6 is 15.9 Å². The van der Waals surface area contributed by atoms with E-state index in [-0.39, 0.29) is 6.04 Å². The summed E-state index contributed by atoms with van der Waals surface area (Å²) in [5, 5.41) is 0. The van der Waals surface area contributed by atoms with E-state index in [1.165, 1.54) is 0 Å². The van der Waals surface area contributed by atoms with Gasteiger partial charge in [-0.1, -0.05) is 15.9 Å². The van der Waals surface area contributed by atoms with Gasteiger partial charge in [-0.15, -0.1) is 0 Å². The summed E-state index contributed by atoms with van der Waals surface area (Å²) in [6, 6.07) is 1.87. The second-order valence-corrected chi connectivity index (χ2v) is 3.43. The molecule has 0 fully saturated rings. The summed E-state index contributed by atoms with van der Waals surface area (Å²) in [4.78, 5) is 0. The van der Waals surface area contributed by atoms with E-state index in [0.29, 0.717) is 10.0 Å². The van der Waals surface area contributed by atoms with E-state index in [4.69, 9.17) is 5.73 Å². The summed E-state index contributed by atoms with van der Waals surface area (Å²) in [5.41, 5.74) is 6.08. The molecule has 0 spiro atoms. The largest absolute Gasteiger partial charge is 0.324 e. The number of nitrogens with two attached hydrogens (primary N) is 1. The van der Waals surface area contributed by atoms with E-state index >= 15 is 0 Å². The van der Waals surface area contributed by atoms with Crippen molar-refractivity contribution in [3.05, 3.63) is 33.8 Å². The Kier molecular flexibility index (Phi) is 2.80. The molecular weight excluding hydrogens is 228 g/mol. The number of rotatable bonds is 1. The highest BCUT2D eigenvalue weighted by Crippen LogP contribution is 2.24. The maximum atomic E-state index is 12.7. The van der Waals surface area contributed by atoms with Crippen LogP contribution in [0.5, 0.6) is 0 Å². The van der Waals surface area contributed by atoms with Crippen molar-refractivity contribution in [2.24, 2.45) is 5.73 Å². The molecule has 0 unspecified atom stereocenters. The number of hydrogen-bond donors (Lipinski definition) is 1. The summed E-state index contributed by atoms with van der Waals surface area (Å²) in [7, 11) is 0. The topological polar surface area (TPSA) is 26.0 Å². The number of hydrogen-bond acceptors (Lipinski definition) is 1. The third kappa shape index (κ3) is 1.81. The van der Waals surface area contributed by atoms with Crippen molar-refractivity contribution in [3.63, 3.8) is 0 Å². The summed E-state index contributed by atoms with van der Waals surface area (Å²) < 4.78 is 25.7. The molecule has 1 aromatic carbocycles. The quantitative estimate of drug-likeness (QED) is 0.745. The lowest BCUT2D eigenvalue weighted by atomic mass is 10.1. The summed E-state index contributed by atoms with van der Waals surface area (Å²) >= 11 is 3.10. The Morgan fingerprint density at radius 2 is 1.83 bits per heavy atom. The van der Waals surface area contributed by atoms with E-state index in [9.17, 15) is 8.78 Å². The summed E-state index contributed by atoms with van der Waals surface area (Å²) in [6.07, 6.45) is 0. The Morgan fingerprint density at radius 3 is 2.33 bits per heavy atom. The van der Waals surface area contributed by atoms with Crippen molar-refractivity contribution < 1.29 is 8.78 Å². The third-order valence-corrected chi connectivity index (χ3v) is 2.22. The SMILES string of the molecule is C[C@H](N)c1cc(F)c(F)cc1Br. The van der Waals surface area contributed by atoms with E-state index in [1.807, 2.05) is 0 Å². The molecule has 0 bridgehead atoms. The van der Waals surface area contributed by atoms with Crippen molar-refractivity contribution in [1.82, 2.24) is 0 Å². The molecule has 0 aromatic heterocycles. The molecule has 0 aliphatic rings. The van der Waals surface area contributed by atoms with Gasteiger partial charge in [0.05, 0.1) is 0 Å². The van der Waals surface area contributed by atoms with Crippen LogP contribution in [0.4, 0.5) is 8.78 Å². The molecule has 0 saturated heterocycles. The lowest BCUT2D eigenvalue weighted by Gasteiger charge is -2.08. The highest BCUT2D eigenvalue weighted by atomic mass is 79.9. The minimum atomic E-state index is -0.870. The molecule has 0 aliphatic heterocycles. The Bertz CT molecular complexity index is 299. The first-order chi connectivity index (χ1) is 5.52. The zero-order valence-electron chi connectivity index (χ0n) is 6.44. The summed E-state index contributed by atoms with van der Waals surface area (Å²) in [6.45, 7) is 1.71. The standard InChI is InChI=1S/C8H8BrF2N/c1-4(12)5-2-7(10)8(11)3-6(5)9/h2-4H,12H2,1H3/t4-/m0/s1. The van der Waals surface area contributed by atoms with Gasteiger partial charge in [-0.05, 0) is 24.6 Å². The molecule has 1 aromatic rings. The van der Waals surface area contributed by atoms with Gasteiger partial charge in [0.25, 0.3) is 0 Å². The lowest BCUT2D eigenvalue weighted by Crippen LogP contribution is -2.06. The van der Waals surface area contributed by atoms with Crippen molar-refractivity contribution in [3.8, 4) is 0 Å². The van der Waals surface area contributed by atoms with Crippen LogP contribution in [-0.2, 0) is 0 Å². The highest BCUT2D eigenvalue weighted by molar-refractivity contribution is 9.10. The molecule has 0 aliphatic carbocycles. The zero-order chi connectivity index (χ0) is 9.30. The van der Waals surface area contributed by atoms with E-state index in [2.05, 4.69) is 15.9 Å². The minimum absolute atomic E-state index is 0.311. The Balaban J connectivity index is 3.23. The predicted octanol–water partition coefficient (Wildman–Crippen LogP) is 2.75. The van der Waals surface area contributed by atoms with Crippen LogP contribution in [0.3, 0.4) is 0 Å². The summed E-state index contributed by atoms with van der Waals surface area (Å²) in [5.74, 6) is -1.74. The van der Waals surface area contributed by atoms with Crippen LogP contribution in [-0.4, -0.2) is 0 Å². The molecule has 66 valence electrons. The first-order valence-corrected chi connectivity index (χ1v) is 4.21. The monoisotopic (exact) mass is 235 g/mol. The third-order valence-electron chi connectivity index (χ3n) is 1.53. The lowest BCUT2D eigenvalue weighted by molar-refractivity contribution is 0.505. The van der Waals surface area contributed by atoms with Gasteiger partial charge < -0.3 is 5.73 Å². The number of halogens is 3. The Hall–Kier alpha value is -0.480. The maximum Gasteiger partial charge on any atom is 0.159 e. The van der Waals surface area contributed by atoms with Crippen molar-refractivity contribution in [1.29, 1.82) is 0 Å². The van der Waals surface area contributed by atoms with Crippen LogP contribution < -0.4 is 5.73 Å². The molecule has 0 saturated carbocycles. The average molecular weight is 236 g/mol. The van der Waals surface area contributed by atoms with Crippen LogP contribution in [0.25, 0.3) is 0 Å². The van der Waals surface area contributed by atoms with Crippen molar-refractivity contribution in [2.45, 2.75) is 13.0 Å². The highest BCUT2D eigenvalue weighted by Gasteiger charge is 2.10. The Labute approximate surface area is 77.7 Å². The predicted molar refractivity (Wildman–Crippen MR) is 46.7 cm³/mol. The molecule has 1 atom stereocenters. The fourth-order valence-electron chi connectivity index (χ4n) is 0.887. The van der Waals surface area contributed by atoms with E-state index in [0.717, 1.165) is 12.1 Å². The normalized spacial score (nSPS) is 13.1. The zero-order valence-corrected chi connectivity index (χ0v) is 8.03. The molecule has 0 amide bonds. The molecule has 4 heteroatoms. The molecule has 0 heterocycles. The maximum absolute atomic E-state index is 12.7. The van der Waals surface area contributed by atoms with Crippen LogP contribution in [0, 0.1) is 11.6 Å². The first-order valence-electron chi connectivity index (χ1n) is 3.42. The first kappa shape index (κ1) is 9.61. The molecule has 2 N–H and O–H groups in total. The van der Waals surface area contributed by atoms with Crippen LogP contribution in [0.2, 0.25) is 0 Å². The van der Waals surface area contributed by atoms with Crippen molar-refractivity contribution >= 4 is 15.9 Å². The van der Waals surface area contributed by atoms with Gasteiger partial charge in [0.2, 0.25) is 0 Å². The smallest absolute Gasteiger partial charge is 0.159 e. The van der Waals surface area contributed by atoms with E-state index < -0.39 is 11.6 Å². The van der Waals surface area contributed by atoms with Gasteiger partial charge in [0, 0.05) is 10.5 Å². The second-order valence-electron chi connectivity index (χ2n) is 2.58. The van der Waals surface area contributed by atoms with Gasteiger partial charge in [-0.2, -0.15) is 0 Å². The number of benzene rings is 1. The van der Waals surface area contributed by atoms with E-state index in [1.54, 1.807) is 6.92 Å². The average Bonchev–Trinajstić information content (AvgIpc) is 1.96. The minimum Gasteiger partial charge on any atom is -0.324 e. The second kappa shape index (κ2) is 3.49. The van der Waals surface area contributed by atoms with Gasteiger partial charge in [0.1, 0.15) is 0 Å². The molecular formula is C8H8BrF2N. The molecule has 1 rings (SSSR count). The fraction of sp³-hybridized carbons (Fsp3) is 0.250. The van der Waals surface area contributed by atoms with Gasteiger partial charge >= 0.3 is 0 Å². The molecule has 12 heavy (non-hydrogen) atoms. The van der Waals surface area contributed by atoms with Crippen LogP contribution in [0.1, 0.15) is 18.5 Å². The van der Waals surface area contributed by atoms with Crippen molar-refractivity contribution in [2.75, 3.05) is 0 Å². The van der Waals surface area contributed by atoms with Gasteiger partial charge in [-0.25, -0.2) is 8.78 Å². The molecule has 1 nitrogen and oxygen atoms in total. The van der Waals surface area contributed by atoms with Crippen LogP contribution in [0.15, 0.2) is 16.6 Å². The van der Waals surface area contributed by atoms with Gasteiger partial charge in [0.15, 0.2) is 11.6 Å². The molecule has 0 radical (unpaired) electrons. The van der Waals surface area contributed by atoms with Gasteiger partial charge in [-0.3, -0.25) is 0 Å². The fourth-order valence-corrected chi connectivity index (χ4v) is 1.56.